The Morgan fingerprint density at radius 1 is 1.14 bits per heavy atom. The monoisotopic (exact) mass is 319 g/mol. The van der Waals surface area contributed by atoms with Gasteiger partial charge in [-0.15, -0.1) is 0 Å². The standard InChI is InChI=1S/C16H14ClNO4/c1-10(19)22-13-5-3-4-12(9-13)18-16(20)14-8-11(17)6-7-15(14)21-2/h3-9H,1-2H3,(H,18,20). The van der Waals surface area contributed by atoms with Crippen LogP contribution in [0.2, 0.25) is 5.02 Å². The van der Waals surface area contributed by atoms with E-state index < -0.39 is 5.97 Å². The van der Waals surface area contributed by atoms with Crippen molar-refractivity contribution in [3.63, 3.8) is 0 Å². The smallest absolute Gasteiger partial charge is 0.308 e. The lowest BCUT2D eigenvalue weighted by atomic mass is 10.2. The van der Waals surface area contributed by atoms with E-state index in [1.807, 2.05) is 0 Å². The van der Waals surface area contributed by atoms with Crippen LogP contribution in [0.25, 0.3) is 0 Å². The van der Waals surface area contributed by atoms with Gasteiger partial charge in [-0.1, -0.05) is 17.7 Å². The van der Waals surface area contributed by atoms with Gasteiger partial charge in [0.2, 0.25) is 0 Å². The van der Waals surface area contributed by atoms with Gasteiger partial charge in [-0.3, -0.25) is 9.59 Å². The van der Waals surface area contributed by atoms with E-state index in [1.54, 1.807) is 36.4 Å². The lowest BCUT2D eigenvalue weighted by Gasteiger charge is -2.10. The summed E-state index contributed by atoms with van der Waals surface area (Å²) in [6.07, 6.45) is 0. The summed E-state index contributed by atoms with van der Waals surface area (Å²) in [6, 6.07) is 11.3. The second kappa shape index (κ2) is 6.95. The minimum absolute atomic E-state index is 0.313. The van der Waals surface area contributed by atoms with E-state index >= 15 is 0 Å². The van der Waals surface area contributed by atoms with Crippen molar-refractivity contribution in [3.05, 3.63) is 53.1 Å². The number of carbonyl (C=O) groups is 2. The lowest BCUT2D eigenvalue weighted by molar-refractivity contribution is -0.131. The first-order chi connectivity index (χ1) is 10.5. The zero-order valence-electron chi connectivity index (χ0n) is 12.1. The van der Waals surface area contributed by atoms with Crippen molar-refractivity contribution in [1.29, 1.82) is 0 Å². The molecule has 0 unspecified atom stereocenters. The number of hydrogen-bond donors (Lipinski definition) is 1. The van der Waals surface area contributed by atoms with E-state index in [1.165, 1.54) is 20.1 Å². The minimum atomic E-state index is -0.431. The summed E-state index contributed by atoms with van der Waals surface area (Å²) < 4.78 is 10.1. The Labute approximate surface area is 132 Å². The maximum absolute atomic E-state index is 12.3. The molecule has 1 N–H and O–H groups in total. The van der Waals surface area contributed by atoms with Crippen molar-refractivity contribution in [1.82, 2.24) is 0 Å². The Kier molecular flexibility index (Phi) is 5.01. The number of hydrogen-bond acceptors (Lipinski definition) is 4. The first-order valence-electron chi connectivity index (χ1n) is 6.43. The molecule has 0 heterocycles. The summed E-state index contributed by atoms with van der Waals surface area (Å²) >= 11 is 5.91. The predicted molar refractivity (Wildman–Crippen MR) is 83.7 cm³/mol. The molecule has 5 nitrogen and oxygen atoms in total. The summed E-state index contributed by atoms with van der Waals surface area (Å²) in [5, 5.41) is 3.14. The molecule has 0 saturated carbocycles. The molecule has 0 fully saturated rings. The SMILES string of the molecule is COc1ccc(Cl)cc1C(=O)Nc1cccc(OC(C)=O)c1. The molecule has 2 aromatic rings. The number of carbonyl (C=O) groups excluding carboxylic acids is 2. The normalized spacial score (nSPS) is 9.95. The highest BCUT2D eigenvalue weighted by molar-refractivity contribution is 6.31. The largest absolute Gasteiger partial charge is 0.496 e. The van der Waals surface area contributed by atoms with E-state index in [9.17, 15) is 9.59 Å². The number of benzene rings is 2. The van der Waals surface area contributed by atoms with Crippen LogP contribution < -0.4 is 14.8 Å². The zero-order chi connectivity index (χ0) is 16.1. The van der Waals surface area contributed by atoms with Crippen molar-refractivity contribution >= 4 is 29.2 Å². The van der Waals surface area contributed by atoms with Crippen LogP contribution in [0.15, 0.2) is 42.5 Å². The molecule has 0 aliphatic carbocycles. The molecule has 6 heteroatoms. The van der Waals surface area contributed by atoms with Gasteiger partial charge < -0.3 is 14.8 Å². The van der Waals surface area contributed by atoms with Crippen molar-refractivity contribution in [2.75, 3.05) is 12.4 Å². The van der Waals surface area contributed by atoms with Gasteiger partial charge in [0.1, 0.15) is 11.5 Å². The number of nitrogens with one attached hydrogen (secondary N) is 1. The molecule has 0 aliphatic rings. The van der Waals surface area contributed by atoms with Crippen molar-refractivity contribution in [2.24, 2.45) is 0 Å². The van der Waals surface area contributed by atoms with Crippen LogP contribution >= 0.6 is 11.6 Å². The molecule has 2 aromatic carbocycles. The molecule has 0 saturated heterocycles. The highest BCUT2D eigenvalue weighted by Gasteiger charge is 2.13. The predicted octanol–water partition coefficient (Wildman–Crippen LogP) is 3.53. The maximum Gasteiger partial charge on any atom is 0.308 e. The van der Waals surface area contributed by atoms with Gasteiger partial charge >= 0.3 is 5.97 Å². The molecule has 2 rings (SSSR count). The first kappa shape index (κ1) is 15.9. The number of ether oxygens (including phenoxy) is 2. The van der Waals surface area contributed by atoms with Crippen LogP contribution in [0.3, 0.4) is 0 Å². The van der Waals surface area contributed by atoms with Crippen LogP contribution in [0.4, 0.5) is 5.69 Å². The fraction of sp³-hybridized carbons (Fsp3) is 0.125. The maximum atomic E-state index is 12.3. The minimum Gasteiger partial charge on any atom is -0.496 e. The summed E-state index contributed by atoms with van der Waals surface area (Å²) in [4.78, 5) is 23.3. The highest BCUT2D eigenvalue weighted by Crippen LogP contribution is 2.24. The Bertz CT molecular complexity index is 715. The summed E-state index contributed by atoms with van der Waals surface area (Å²) in [7, 11) is 1.47. The number of esters is 1. The molecule has 0 aliphatic heterocycles. The van der Waals surface area contributed by atoms with Gasteiger partial charge in [0.05, 0.1) is 12.7 Å². The van der Waals surface area contributed by atoms with Crippen LogP contribution in [0, 0.1) is 0 Å². The first-order valence-corrected chi connectivity index (χ1v) is 6.81. The third kappa shape index (κ3) is 3.99. The van der Waals surface area contributed by atoms with Gasteiger partial charge in [-0.25, -0.2) is 0 Å². The van der Waals surface area contributed by atoms with Crippen LogP contribution in [0.1, 0.15) is 17.3 Å². The average molecular weight is 320 g/mol. The van der Waals surface area contributed by atoms with Crippen molar-refractivity contribution in [2.45, 2.75) is 6.92 Å². The van der Waals surface area contributed by atoms with E-state index in [-0.39, 0.29) is 5.91 Å². The zero-order valence-corrected chi connectivity index (χ0v) is 12.8. The molecule has 0 aromatic heterocycles. The fourth-order valence-electron chi connectivity index (χ4n) is 1.86. The highest BCUT2D eigenvalue weighted by atomic mass is 35.5. The molecule has 114 valence electrons. The molecule has 1 amide bonds. The molecule has 0 radical (unpaired) electrons. The molecule has 0 spiro atoms. The van der Waals surface area contributed by atoms with E-state index in [0.717, 1.165) is 0 Å². The van der Waals surface area contributed by atoms with Crippen LogP contribution in [-0.2, 0) is 4.79 Å². The number of anilines is 1. The van der Waals surface area contributed by atoms with Gasteiger partial charge in [0.25, 0.3) is 5.91 Å². The topological polar surface area (TPSA) is 64.6 Å². The molecule has 0 atom stereocenters. The average Bonchev–Trinajstić information content (AvgIpc) is 2.46. The van der Waals surface area contributed by atoms with Gasteiger partial charge in [-0.2, -0.15) is 0 Å². The summed E-state index contributed by atoms with van der Waals surface area (Å²) in [5.74, 6) is -0.0410. The number of amides is 1. The van der Waals surface area contributed by atoms with Crippen LogP contribution in [0.5, 0.6) is 11.5 Å². The quantitative estimate of drug-likeness (QED) is 0.691. The van der Waals surface area contributed by atoms with E-state index in [0.29, 0.717) is 27.8 Å². The molecule has 0 bridgehead atoms. The molecular formula is C16H14ClNO4. The number of rotatable bonds is 4. The lowest BCUT2D eigenvalue weighted by Crippen LogP contribution is -2.13. The van der Waals surface area contributed by atoms with E-state index in [4.69, 9.17) is 21.1 Å². The number of halogens is 1. The number of methoxy groups -OCH3 is 1. The Morgan fingerprint density at radius 3 is 2.59 bits per heavy atom. The van der Waals surface area contributed by atoms with E-state index in [2.05, 4.69) is 5.32 Å². The van der Waals surface area contributed by atoms with Gasteiger partial charge in [-0.05, 0) is 30.3 Å². The Balaban J connectivity index is 2.22. The fourth-order valence-corrected chi connectivity index (χ4v) is 2.03. The van der Waals surface area contributed by atoms with Crippen molar-refractivity contribution in [3.8, 4) is 11.5 Å². The Morgan fingerprint density at radius 2 is 1.91 bits per heavy atom. The molecule has 22 heavy (non-hydrogen) atoms. The summed E-state index contributed by atoms with van der Waals surface area (Å²) in [6.45, 7) is 1.31. The van der Waals surface area contributed by atoms with Gasteiger partial charge in [0.15, 0.2) is 0 Å². The second-order valence-electron chi connectivity index (χ2n) is 4.42. The van der Waals surface area contributed by atoms with Crippen molar-refractivity contribution < 1.29 is 19.1 Å². The Hall–Kier alpha value is -2.53. The third-order valence-electron chi connectivity index (χ3n) is 2.76. The second-order valence-corrected chi connectivity index (χ2v) is 4.86. The van der Waals surface area contributed by atoms with Crippen LogP contribution in [-0.4, -0.2) is 19.0 Å². The molecular weight excluding hydrogens is 306 g/mol. The third-order valence-corrected chi connectivity index (χ3v) is 2.99. The summed E-state index contributed by atoms with van der Waals surface area (Å²) in [5.41, 5.74) is 0.804. The van der Waals surface area contributed by atoms with Gasteiger partial charge in [0, 0.05) is 23.7 Å².